The minimum Gasteiger partial charge on any atom is -0.508 e. The largest absolute Gasteiger partial charge is 0.508 e. The van der Waals surface area contributed by atoms with Gasteiger partial charge >= 0.3 is 0 Å². The standard InChI is InChI=1S/C26H28N2O3/c1-4-17-9-11-18(12-10-17)22-16-23(20-7-5-6-8-24(20)29)28-26(27-22)21-15-19(30-2)13-14-25(21)31-3/h5-15,23,26,28-29H,4,16H2,1-3H3/t23-,26+/m1/s1. The van der Waals surface area contributed by atoms with Crippen LogP contribution in [0.4, 0.5) is 0 Å². The van der Waals surface area contributed by atoms with Crippen molar-refractivity contribution in [3.8, 4) is 17.2 Å². The first-order chi connectivity index (χ1) is 15.1. The summed E-state index contributed by atoms with van der Waals surface area (Å²) in [6, 6.07) is 21.6. The van der Waals surface area contributed by atoms with Crippen molar-refractivity contribution < 1.29 is 14.6 Å². The third-order valence-electron chi connectivity index (χ3n) is 5.78. The number of para-hydroxylation sites is 1. The van der Waals surface area contributed by atoms with Crippen LogP contribution >= 0.6 is 0 Å². The van der Waals surface area contributed by atoms with Gasteiger partial charge in [0.1, 0.15) is 23.4 Å². The molecule has 0 aromatic heterocycles. The second-order valence-corrected chi connectivity index (χ2v) is 7.62. The van der Waals surface area contributed by atoms with Crippen LogP contribution < -0.4 is 14.8 Å². The predicted molar refractivity (Wildman–Crippen MR) is 123 cm³/mol. The van der Waals surface area contributed by atoms with E-state index < -0.39 is 0 Å². The lowest BCUT2D eigenvalue weighted by atomic mass is 9.93. The summed E-state index contributed by atoms with van der Waals surface area (Å²) in [5, 5.41) is 14.1. The number of aromatic hydroxyl groups is 1. The Kier molecular flexibility index (Phi) is 6.23. The van der Waals surface area contributed by atoms with E-state index in [1.807, 2.05) is 36.4 Å². The van der Waals surface area contributed by atoms with Crippen molar-refractivity contribution in [3.05, 3.63) is 89.0 Å². The Morgan fingerprint density at radius 1 is 0.968 bits per heavy atom. The Balaban J connectivity index is 1.79. The highest BCUT2D eigenvalue weighted by atomic mass is 16.5. The number of nitrogens with zero attached hydrogens (tertiary/aromatic N) is 1. The summed E-state index contributed by atoms with van der Waals surface area (Å²) in [6.07, 6.45) is 1.33. The second-order valence-electron chi connectivity index (χ2n) is 7.62. The van der Waals surface area contributed by atoms with Gasteiger partial charge in [-0.2, -0.15) is 0 Å². The van der Waals surface area contributed by atoms with Gasteiger partial charge in [-0.25, -0.2) is 0 Å². The number of methoxy groups -OCH3 is 2. The molecule has 5 heteroatoms. The third kappa shape index (κ3) is 4.42. The van der Waals surface area contributed by atoms with Crippen LogP contribution in [0.1, 0.15) is 47.8 Å². The van der Waals surface area contributed by atoms with Crippen LogP contribution in [-0.4, -0.2) is 25.0 Å². The number of aliphatic imine (C=N–C) groups is 1. The molecule has 0 bridgehead atoms. The number of benzene rings is 3. The fourth-order valence-electron chi connectivity index (χ4n) is 4.01. The molecule has 0 saturated carbocycles. The van der Waals surface area contributed by atoms with Crippen molar-refractivity contribution >= 4 is 5.71 Å². The zero-order chi connectivity index (χ0) is 21.8. The van der Waals surface area contributed by atoms with Gasteiger partial charge in [-0.3, -0.25) is 10.3 Å². The van der Waals surface area contributed by atoms with E-state index in [2.05, 4.69) is 36.5 Å². The molecule has 4 rings (SSSR count). The molecule has 0 radical (unpaired) electrons. The van der Waals surface area contributed by atoms with E-state index in [1.165, 1.54) is 5.56 Å². The van der Waals surface area contributed by atoms with Gasteiger partial charge in [0.25, 0.3) is 0 Å². The molecule has 0 amide bonds. The Hall–Kier alpha value is -3.31. The van der Waals surface area contributed by atoms with Crippen molar-refractivity contribution in [2.24, 2.45) is 4.99 Å². The zero-order valence-electron chi connectivity index (χ0n) is 18.1. The van der Waals surface area contributed by atoms with Crippen LogP contribution in [0.15, 0.2) is 71.7 Å². The molecule has 0 aliphatic carbocycles. The van der Waals surface area contributed by atoms with Gasteiger partial charge in [-0.15, -0.1) is 0 Å². The summed E-state index contributed by atoms with van der Waals surface area (Å²) in [6.45, 7) is 2.15. The highest BCUT2D eigenvalue weighted by Crippen LogP contribution is 2.38. The number of ether oxygens (including phenoxy) is 2. The van der Waals surface area contributed by atoms with E-state index in [0.29, 0.717) is 6.42 Å². The number of rotatable bonds is 6. The van der Waals surface area contributed by atoms with Gasteiger partial charge in [0.05, 0.1) is 14.2 Å². The molecular weight excluding hydrogens is 388 g/mol. The lowest BCUT2D eigenvalue weighted by Crippen LogP contribution is -2.33. The fraction of sp³-hybridized carbons (Fsp3) is 0.269. The van der Waals surface area contributed by atoms with Crippen molar-refractivity contribution in [2.45, 2.75) is 32.0 Å². The smallest absolute Gasteiger partial charge is 0.130 e. The minimum atomic E-state index is -0.343. The number of phenolic OH excluding ortho intramolecular Hbond substituents is 1. The van der Waals surface area contributed by atoms with Gasteiger partial charge in [0, 0.05) is 29.3 Å². The van der Waals surface area contributed by atoms with Crippen LogP contribution in [0.2, 0.25) is 0 Å². The normalized spacial score (nSPS) is 18.4. The van der Waals surface area contributed by atoms with Crippen molar-refractivity contribution in [1.82, 2.24) is 5.32 Å². The quantitative estimate of drug-likeness (QED) is 0.580. The molecule has 31 heavy (non-hydrogen) atoms. The first-order valence-corrected chi connectivity index (χ1v) is 10.5. The lowest BCUT2D eigenvalue weighted by Gasteiger charge is -2.31. The van der Waals surface area contributed by atoms with Crippen LogP contribution in [0.25, 0.3) is 0 Å². The number of nitrogens with one attached hydrogen (secondary N) is 1. The number of aryl methyl sites for hydroxylation is 1. The molecule has 3 aromatic rings. The van der Waals surface area contributed by atoms with E-state index in [-0.39, 0.29) is 18.0 Å². The molecule has 1 aliphatic rings. The summed E-state index contributed by atoms with van der Waals surface area (Å²) in [7, 11) is 3.30. The number of hydrogen-bond donors (Lipinski definition) is 2. The molecule has 0 unspecified atom stereocenters. The zero-order valence-corrected chi connectivity index (χ0v) is 18.1. The molecule has 0 saturated heterocycles. The first-order valence-electron chi connectivity index (χ1n) is 10.5. The van der Waals surface area contributed by atoms with E-state index in [0.717, 1.165) is 40.3 Å². The first kappa shape index (κ1) is 20.9. The molecular formula is C26H28N2O3. The van der Waals surface area contributed by atoms with Crippen molar-refractivity contribution in [3.63, 3.8) is 0 Å². The monoisotopic (exact) mass is 416 g/mol. The van der Waals surface area contributed by atoms with E-state index in [1.54, 1.807) is 20.3 Å². The molecule has 0 fully saturated rings. The van der Waals surface area contributed by atoms with E-state index >= 15 is 0 Å². The van der Waals surface area contributed by atoms with E-state index in [9.17, 15) is 5.11 Å². The highest BCUT2D eigenvalue weighted by molar-refractivity contribution is 6.01. The summed E-state index contributed by atoms with van der Waals surface area (Å²) in [4.78, 5) is 5.06. The van der Waals surface area contributed by atoms with Crippen LogP contribution in [0.5, 0.6) is 17.2 Å². The minimum absolute atomic E-state index is 0.0968. The average molecular weight is 417 g/mol. The number of phenols is 1. The number of hydrogen-bond acceptors (Lipinski definition) is 5. The average Bonchev–Trinajstić information content (AvgIpc) is 2.83. The van der Waals surface area contributed by atoms with Crippen molar-refractivity contribution in [1.29, 1.82) is 0 Å². The molecule has 3 aromatic carbocycles. The molecule has 2 N–H and O–H groups in total. The maximum Gasteiger partial charge on any atom is 0.130 e. The molecule has 160 valence electrons. The van der Waals surface area contributed by atoms with Gasteiger partial charge in [0.2, 0.25) is 0 Å². The van der Waals surface area contributed by atoms with Crippen LogP contribution in [0, 0.1) is 0 Å². The SMILES string of the molecule is CCc1ccc(C2=N[C@H](c3cc(OC)ccc3OC)N[C@@H](c3ccccc3O)C2)cc1. The summed E-state index contributed by atoms with van der Waals surface area (Å²) >= 11 is 0. The topological polar surface area (TPSA) is 63.1 Å². The fourth-order valence-corrected chi connectivity index (χ4v) is 4.01. The maximum absolute atomic E-state index is 10.5. The van der Waals surface area contributed by atoms with Gasteiger partial charge in [-0.1, -0.05) is 49.4 Å². The second kappa shape index (κ2) is 9.23. The Labute approximate surface area is 183 Å². The highest BCUT2D eigenvalue weighted by Gasteiger charge is 2.29. The molecule has 2 atom stereocenters. The van der Waals surface area contributed by atoms with Crippen molar-refractivity contribution in [2.75, 3.05) is 14.2 Å². The predicted octanol–water partition coefficient (Wildman–Crippen LogP) is 5.19. The Bertz CT molecular complexity index is 1080. The van der Waals surface area contributed by atoms with E-state index in [4.69, 9.17) is 14.5 Å². The van der Waals surface area contributed by atoms with Gasteiger partial charge in [-0.05, 0) is 41.8 Å². The molecule has 1 aliphatic heterocycles. The molecule has 1 heterocycles. The summed E-state index contributed by atoms with van der Waals surface area (Å²) < 4.78 is 11.1. The molecule has 0 spiro atoms. The van der Waals surface area contributed by atoms with Crippen LogP contribution in [-0.2, 0) is 6.42 Å². The Morgan fingerprint density at radius 2 is 1.74 bits per heavy atom. The Morgan fingerprint density at radius 3 is 2.42 bits per heavy atom. The summed E-state index contributed by atoms with van der Waals surface area (Å²) in [5.74, 6) is 1.76. The lowest BCUT2D eigenvalue weighted by molar-refractivity contribution is 0.374. The molecule has 5 nitrogen and oxygen atoms in total. The summed E-state index contributed by atoms with van der Waals surface area (Å²) in [5.41, 5.74) is 5.12. The third-order valence-corrected chi connectivity index (χ3v) is 5.78. The van der Waals surface area contributed by atoms with Crippen LogP contribution in [0.3, 0.4) is 0 Å². The van der Waals surface area contributed by atoms with Gasteiger partial charge < -0.3 is 14.6 Å². The van der Waals surface area contributed by atoms with Gasteiger partial charge in [0.15, 0.2) is 0 Å². The maximum atomic E-state index is 10.5.